The molecule has 0 spiro atoms. The highest BCUT2D eigenvalue weighted by Crippen LogP contribution is 2.20. The molecule has 2 aromatic heterocycles. The van der Waals surface area contributed by atoms with Gasteiger partial charge in [-0.25, -0.2) is 14.2 Å². The molecule has 6 nitrogen and oxygen atoms in total. The van der Waals surface area contributed by atoms with Crippen LogP contribution in [-0.2, 0) is 18.0 Å². The number of hydrogen-bond acceptors (Lipinski definition) is 6. The molecule has 8 heteroatoms. The topological polar surface area (TPSA) is 81.3 Å². The standard InChI is InChI=1S/C20H19FN2O4S/c1-11-18(13(3)24)12(2)22-19(11)20(25)27-8-15-10-28-17(23-15)9-26-16-6-4-14(21)5-7-16/h4-7,10,22H,8-9H2,1-3H3. The zero-order valence-electron chi connectivity index (χ0n) is 15.7. The Morgan fingerprint density at radius 2 is 1.89 bits per heavy atom. The lowest BCUT2D eigenvalue weighted by Gasteiger charge is -2.04. The molecular weight excluding hydrogens is 383 g/mol. The van der Waals surface area contributed by atoms with Gasteiger partial charge in [-0.3, -0.25) is 4.79 Å². The molecule has 0 unspecified atom stereocenters. The number of carbonyl (C=O) groups excluding carboxylic acids is 2. The lowest BCUT2D eigenvalue weighted by molar-refractivity contribution is 0.0461. The average Bonchev–Trinajstić information content (AvgIpc) is 3.23. The second kappa shape index (κ2) is 8.35. The van der Waals surface area contributed by atoms with Crippen LogP contribution in [0, 0.1) is 19.7 Å². The predicted octanol–water partition coefficient (Wildman–Crippen LogP) is 4.37. The van der Waals surface area contributed by atoms with Crippen LogP contribution < -0.4 is 4.74 Å². The highest BCUT2D eigenvalue weighted by atomic mass is 32.1. The van der Waals surface area contributed by atoms with Gasteiger partial charge in [0.05, 0.1) is 5.69 Å². The molecule has 0 bridgehead atoms. The van der Waals surface area contributed by atoms with Crippen LogP contribution >= 0.6 is 11.3 Å². The van der Waals surface area contributed by atoms with Crippen molar-refractivity contribution in [3.05, 3.63) is 68.7 Å². The molecule has 0 saturated heterocycles. The Morgan fingerprint density at radius 1 is 1.18 bits per heavy atom. The fourth-order valence-corrected chi connectivity index (χ4v) is 3.54. The fraction of sp³-hybridized carbons (Fsp3) is 0.250. The fourth-order valence-electron chi connectivity index (χ4n) is 2.85. The van der Waals surface area contributed by atoms with Crippen LogP contribution in [0.2, 0.25) is 0 Å². The van der Waals surface area contributed by atoms with Gasteiger partial charge in [-0.05, 0) is 50.6 Å². The van der Waals surface area contributed by atoms with Gasteiger partial charge in [-0.1, -0.05) is 0 Å². The summed E-state index contributed by atoms with van der Waals surface area (Å²) >= 11 is 1.38. The first-order chi connectivity index (χ1) is 13.3. The lowest BCUT2D eigenvalue weighted by atomic mass is 10.1. The summed E-state index contributed by atoms with van der Waals surface area (Å²) in [5, 5.41) is 2.49. The maximum absolute atomic E-state index is 12.9. The number of rotatable bonds is 7. The number of nitrogens with one attached hydrogen (secondary N) is 1. The molecule has 0 aliphatic carbocycles. The maximum atomic E-state index is 12.9. The van der Waals surface area contributed by atoms with E-state index in [2.05, 4.69) is 9.97 Å². The smallest absolute Gasteiger partial charge is 0.355 e. The highest BCUT2D eigenvalue weighted by Gasteiger charge is 2.21. The van der Waals surface area contributed by atoms with E-state index >= 15 is 0 Å². The van der Waals surface area contributed by atoms with Crippen LogP contribution in [0.1, 0.15) is 49.7 Å². The number of H-pyrrole nitrogens is 1. The Hall–Kier alpha value is -3.00. The van der Waals surface area contributed by atoms with Crippen molar-refractivity contribution in [3.63, 3.8) is 0 Å². The summed E-state index contributed by atoms with van der Waals surface area (Å²) in [6.07, 6.45) is 0. The van der Waals surface area contributed by atoms with Crippen molar-refractivity contribution in [3.8, 4) is 5.75 Å². The van der Waals surface area contributed by atoms with Crippen LogP contribution in [0.25, 0.3) is 0 Å². The second-order valence-electron chi connectivity index (χ2n) is 6.23. The van der Waals surface area contributed by atoms with Gasteiger partial charge in [-0.15, -0.1) is 11.3 Å². The number of thiazole rings is 1. The first-order valence-corrected chi connectivity index (χ1v) is 9.42. The van der Waals surface area contributed by atoms with Gasteiger partial charge in [0.15, 0.2) is 5.78 Å². The molecule has 0 atom stereocenters. The zero-order valence-corrected chi connectivity index (χ0v) is 16.5. The van der Waals surface area contributed by atoms with Gasteiger partial charge >= 0.3 is 5.97 Å². The molecule has 2 heterocycles. The molecule has 28 heavy (non-hydrogen) atoms. The van der Waals surface area contributed by atoms with Crippen molar-refractivity contribution in [1.82, 2.24) is 9.97 Å². The number of nitrogens with zero attached hydrogens (tertiary/aromatic N) is 1. The van der Waals surface area contributed by atoms with Gasteiger partial charge in [0.25, 0.3) is 0 Å². The number of aryl methyl sites for hydroxylation is 1. The summed E-state index contributed by atoms with van der Waals surface area (Å²) in [4.78, 5) is 31.3. The molecule has 0 aliphatic rings. The van der Waals surface area contributed by atoms with E-state index in [4.69, 9.17) is 9.47 Å². The Kier molecular flexibility index (Phi) is 5.89. The first kappa shape index (κ1) is 19.8. The van der Waals surface area contributed by atoms with E-state index in [1.54, 1.807) is 31.4 Å². The number of Topliss-reactive ketones (excluding diaryl/α,β-unsaturated/α-hetero) is 1. The molecule has 3 aromatic rings. The number of carbonyl (C=O) groups is 2. The largest absolute Gasteiger partial charge is 0.486 e. The minimum Gasteiger partial charge on any atom is -0.486 e. The predicted molar refractivity (Wildman–Crippen MR) is 102 cm³/mol. The zero-order chi connectivity index (χ0) is 20.3. The molecule has 0 aliphatic heterocycles. The number of ketones is 1. The number of ether oxygens (including phenoxy) is 2. The lowest BCUT2D eigenvalue weighted by Crippen LogP contribution is -2.08. The number of halogens is 1. The Labute approximate surface area is 165 Å². The molecule has 3 rings (SSSR count). The van der Waals surface area contributed by atoms with Crippen molar-refractivity contribution in [2.24, 2.45) is 0 Å². The number of esters is 1. The molecule has 0 amide bonds. The van der Waals surface area contributed by atoms with E-state index in [0.29, 0.717) is 33.3 Å². The summed E-state index contributed by atoms with van der Waals surface area (Å²) in [5.41, 5.74) is 2.62. The average molecular weight is 402 g/mol. The summed E-state index contributed by atoms with van der Waals surface area (Å²) in [7, 11) is 0. The van der Waals surface area contributed by atoms with E-state index < -0.39 is 5.97 Å². The molecule has 1 N–H and O–H groups in total. The Morgan fingerprint density at radius 3 is 2.54 bits per heavy atom. The maximum Gasteiger partial charge on any atom is 0.355 e. The summed E-state index contributed by atoms with van der Waals surface area (Å²) in [5.74, 6) is -0.419. The number of aromatic nitrogens is 2. The van der Waals surface area contributed by atoms with Crippen molar-refractivity contribution in [1.29, 1.82) is 0 Å². The number of benzene rings is 1. The van der Waals surface area contributed by atoms with Crippen molar-refractivity contribution in [2.45, 2.75) is 34.0 Å². The molecule has 0 fully saturated rings. The van der Waals surface area contributed by atoms with E-state index in [1.165, 1.54) is 30.4 Å². The van der Waals surface area contributed by atoms with Gasteiger partial charge in [0, 0.05) is 16.6 Å². The van der Waals surface area contributed by atoms with E-state index in [0.717, 1.165) is 0 Å². The van der Waals surface area contributed by atoms with Crippen LogP contribution in [0.5, 0.6) is 5.75 Å². The van der Waals surface area contributed by atoms with Gasteiger partial charge < -0.3 is 14.5 Å². The normalized spacial score (nSPS) is 10.7. The van der Waals surface area contributed by atoms with E-state index in [1.807, 2.05) is 0 Å². The van der Waals surface area contributed by atoms with Crippen molar-refractivity contribution >= 4 is 23.1 Å². The summed E-state index contributed by atoms with van der Waals surface area (Å²) < 4.78 is 23.7. The third kappa shape index (κ3) is 4.45. The van der Waals surface area contributed by atoms with Gasteiger partial charge in [-0.2, -0.15) is 0 Å². The van der Waals surface area contributed by atoms with Gasteiger partial charge in [0.2, 0.25) is 0 Å². The molecule has 146 valence electrons. The minimum atomic E-state index is -0.537. The quantitative estimate of drug-likeness (QED) is 0.469. The SMILES string of the molecule is CC(=O)c1c(C)[nH]c(C(=O)OCc2csc(COc3ccc(F)cc3)n2)c1C. The highest BCUT2D eigenvalue weighted by molar-refractivity contribution is 7.09. The number of aromatic amines is 1. The van der Waals surface area contributed by atoms with Crippen molar-refractivity contribution < 1.29 is 23.5 Å². The Balaban J connectivity index is 1.57. The Bertz CT molecular complexity index is 1010. The van der Waals surface area contributed by atoms with Crippen LogP contribution in [0.15, 0.2) is 29.6 Å². The molecule has 0 saturated carbocycles. The van der Waals surface area contributed by atoms with Crippen LogP contribution in [0.3, 0.4) is 0 Å². The third-order valence-electron chi connectivity index (χ3n) is 4.12. The third-order valence-corrected chi connectivity index (χ3v) is 4.99. The molecule has 0 radical (unpaired) electrons. The van der Waals surface area contributed by atoms with E-state index in [9.17, 15) is 14.0 Å². The number of hydrogen-bond donors (Lipinski definition) is 1. The molecular formula is C20H19FN2O4S. The van der Waals surface area contributed by atoms with Crippen LogP contribution in [0.4, 0.5) is 4.39 Å². The minimum absolute atomic E-state index is 0.0127. The van der Waals surface area contributed by atoms with Crippen LogP contribution in [-0.4, -0.2) is 21.7 Å². The first-order valence-electron chi connectivity index (χ1n) is 8.54. The summed E-state index contributed by atoms with van der Waals surface area (Å²) in [6, 6.07) is 5.73. The van der Waals surface area contributed by atoms with Crippen molar-refractivity contribution in [2.75, 3.05) is 0 Å². The van der Waals surface area contributed by atoms with Gasteiger partial charge in [0.1, 0.15) is 35.5 Å². The van der Waals surface area contributed by atoms with E-state index in [-0.39, 0.29) is 30.5 Å². The monoisotopic (exact) mass is 402 g/mol. The molecule has 1 aromatic carbocycles. The second-order valence-corrected chi connectivity index (χ2v) is 7.18. The summed E-state index contributed by atoms with van der Waals surface area (Å²) in [6.45, 7) is 5.17.